The zero-order valence-electron chi connectivity index (χ0n) is 17.3. The molecule has 1 atom stereocenters. The molecule has 30 heavy (non-hydrogen) atoms. The summed E-state index contributed by atoms with van der Waals surface area (Å²) in [6.45, 7) is 5.10. The van der Waals surface area contributed by atoms with Gasteiger partial charge in [0, 0.05) is 5.56 Å². The quantitative estimate of drug-likeness (QED) is 0.577. The molecule has 0 aliphatic rings. The second kappa shape index (κ2) is 11.5. The number of hydrogen-bond donors (Lipinski definition) is 3. The van der Waals surface area contributed by atoms with Gasteiger partial charge in [0.05, 0.1) is 6.61 Å². The molecular formula is C22H27N3O5. The number of amides is 3. The largest absolute Gasteiger partial charge is 0.483 e. The molecule has 160 valence electrons. The number of hydrazine groups is 1. The minimum Gasteiger partial charge on any atom is -0.483 e. The van der Waals surface area contributed by atoms with E-state index < -0.39 is 23.9 Å². The van der Waals surface area contributed by atoms with Crippen LogP contribution in [0.5, 0.6) is 5.75 Å². The average molecular weight is 413 g/mol. The minimum absolute atomic E-state index is 0.191. The van der Waals surface area contributed by atoms with Gasteiger partial charge in [-0.1, -0.05) is 62.4 Å². The zero-order valence-corrected chi connectivity index (χ0v) is 17.3. The monoisotopic (exact) mass is 413 g/mol. The Morgan fingerprint density at radius 2 is 1.60 bits per heavy atom. The second-order valence-corrected chi connectivity index (χ2v) is 6.77. The summed E-state index contributed by atoms with van der Waals surface area (Å²) < 4.78 is 10.4. The van der Waals surface area contributed by atoms with Crippen molar-refractivity contribution in [3.63, 3.8) is 0 Å². The van der Waals surface area contributed by atoms with Gasteiger partial charge in [0.15, 0.2) is 6.61 Å². The fourth-order valence-corrected chi connectivity index (χ4v) is 2.67. The third kappa shape index (κ3) is 6.80. The van der Waals surface area contributed by atoms with Gasteiger partial charge in [-0.05, 0) is 24.5 Å². The third-order valence-electron chi connectivity index (χ3n) is 4.15. The number of benzene rings is 2. The summed E-state index contributed by atoms with van der Waals surface area (Å²) in [5, 5.41) is 2.47. The highest BCUT2D eigenvalue weighted by Gasteiger charge is 2.25. The number of carbonyl (C=O) groups is 3. The van der Waals surface area contributed by atoms with Gasteiger partial charge in [0.1, 0.15) is 11.8 Å². The molecule has 0 spiro atoms. The van der Waals surface area contributed by atoms with Gasteiger partial charge in [-0.25, -0.2) is 4.79 Å². The van der Waals surface area contributed by atoms with Crippen LogP contribution in [0.1, 0.15) is 20.8 Å². The number of carbonyl (C=O) groups excluding carboxylic acids is 3. The minimum atomic E-state index is -0.857. The SMILES string of the molecule is CCOC(=O)NC(C(=O)NNC(=O)COc1ccccc1-c1ccccc1)C(C)C. The molecule has 0 aliphatic heterocycles. The summed E-state index contributed by atoms with van der Waals surface area (Å²) in [6.07, 6.45) is -0.696. The predicted octanol–water partition coefficient (Wildman–Crippen LogP) is 2.65. The molecule has 0 bridgehead atoms. The van der Waals surface area contributed by atoms with Gasteiger partial charge in [-0.15, -0.1) is 0 Å². The number of alkyl carbamates (subject to hydrolysis) is 1. The molecule has 1 unspecified atom stereocenters. The van der Waals surface area contributed by atoms with Gasteiger partial charge < -0.3 is 14.8 Å². The van der Waals surface area contributed by atoms with E-state index in [1.165, 1.54) is 0 Å². The lowest BCUT2D eigenvalue weighted by molar-refractivity contribution is -0.131. The van der Waals surface area contributed by atoms with E-state index in [9.17, 15) is 14.4 Å². The first-order chi connectivity index (χ1) is 14.4. The summed E-state index contributed by atoms with van der Waals surface area (Å²) in [6, 6.07) is 16.2. The van der Waals surface area contributed by atoms with Crippen molar-refractivity contribution in [2.45, 2.75) is 26.8 Å². The van der Waals surface area contributed by atoms with E-state index in [1.54, 1.807) is 26.8 Å². The average Bonchev–Trinajstić information content (AvgIpc) is 2.75. The summed E-state index contributed by atoms with van der Waals surface area (Å²) in [7, 11) is 0. The van der Waals surface area contributed by atoms with Gasteiger partial charge in [-0.3, -0.25) is 20.4 Å². The molecule has 3 N–H and O–H groups in total. The first kappa shape index (κ1) is 22.7. The lowest BCUT2D eigenvalue weighted by atomic mass is 10.0. The summed E-state index contributed by atoms with van der Waals surface area (Å²) >= 11 is 0. The zero-order chi connectivity index (χ0) is 21.9. The van der Waals surface area contributed by atoms with Crippen LogP contribution in [-0.4, -0.2) is 37.2 Å². The van der Waals surface area contributed by atoms with Gasteiger partial charge in [0.25, 0.3) is 11.8 Å². The fraction of sp³-hybridized carbons (Fsp3) is 0.318. The maximum atomic E-state index is 12.3. The van der Waals surface area contributed by atoms with Crippen LogP contribution < -0.4 is 20.9 Å². The Morgan fingerprint density at radius 3 is 2.27 bits per heavy atom. The van der Waals surface area contributed by atoms with Gasteiger partial charge in [-0.2, -0.15) is 0 Å². The second-order valence-electron chi connectivity index (χ2n) is 6.77. The van der Waals surface area contributed by atoms with Crippen LogP contribution in [0, 0.1) is 5.92 Å². The van der Waals surface area contributed by atoms with E-state index in [1.807, 2.05) is 48.5 Å². The molecular weight excluding hydrogens is 386 g/mol. The Labute approximate surface area is 175 Å². The van der Waals surface area contributed by atoms with Crippen molar-refractivity contribution in [1.29, 1.82) is 0 Å². The number of hydrogen-bond acceptors (Lipinski definition) is 5. The van der Waals surface area contributed by atoms with E-state index in [0.29, 0.717) is 5.75 Å². The fourth-order valence-electron chi connectivity index (χ4n) is 2.67. The van der Waals surface area contributed by atoms with Crippen molar-refractivity contribution in [2.75, 3.05) is 13.2 Å². The smallest absolute Gasteiger partial charge is 0.407 e. The van der Waals surface area contributed by atoms with Gasteiger partial charge in [0.2, 0.25) is 0 Å². The maximum absolute atomic E-state index is 12.3. The molecule has 8 nitrogen and oxygen atoms in total. The van der Waals surface area contributed by atoms with E-state index in [-0.39, 0.29) is 19.1 Å². The molecule has 0 heterocycles. The first-order valence-electron chi connectivity index (χ1n) is 9.71. The normalized spacial score (nSPS) is 11.3. The topological polar surface area (TPSA) is 106 Å². The van der Waals surface area contributed by atoms with Crippen LogP contribution in [0.3, 0.4) is 0 Å². The number of rotatable bonds is 8. The Balaban J connectivity index is 1.89. The van der Waals surface area contributed by atoms with Crippen LogP contribution in [0.15, 0.2) is 54.6 Å². The molecule has 8 heteroatoms. The van der Waals surface area contributed by atoms with Crippen LogP contribution >= 0.6 is 0 Å². The van der Waals surface area contributed by atoms with E-state index in [4.69, 9.17) is 9.47 Å². The van der Waals surface area contributed by atoms with E-state index in [2.05, 4.69) is 16.2 Å². The van der Waals surface area contributed by atoms with Crippen LogP contribution in [0.4, 0.5) is 4.79 Å². The molecule has 2 rings (SSSR count). The lowest BCUT2D eigenvalue weighted by Crippen LogP contribution is -2.55. The molecule has 3 amide bonds. The number of para-hydroxylation sites is 1. The van der Waals surface area contributed by atoms with Crippen LogP contribution in [-0.2, 0) is 14.3 Å². The van der Waals surface area contributed by atoms with Crippen molar-refractivity contribution < 1.29 is 23.9 Å². The summed E-state index contributed by atoms with van der Waals surface area (Å²) in [5.74, 6) is -0.754. The molecule has 0 radical (unpaired) electrons. The molecule has 2 aromatic carbocycles. The standard InChI is InChI=1S/C22H27N3O5/c1-4-29-22(28)23-20(15(2)3)21(27)25-24-19(26)14-30-18-13-9-8-12-17(18)16-10-6-5-7-11-16/h5-13,15,20H,4,14H2,1-3H3,(H,23,28)(H,24,26)(H,25,27). The van der Waals surface area contributed by atoms with Crippen molar-refractivity contribution in [1.82, 2.24) is 16.2 Å². The van der Waals surface area contributed by atoms with Crippen LogP contribution in [0.25, 0.3) is 11.1 Å². The molecule has 2 aromatic rings. The van der Waals surface area contributed by atoms with Crippen LogP contribution in [0.2, 0.25) is 0 Å². The molecule has 0 aromatic heterocycles. The third-order valence-corrected chi connectivity index (χ3v) is 4.15. The Bertz CT molecular complexity index is 855. The molecule has 0 saturated carbocycles. The number of ether oxygens (including phenoxy) is 2. The molecule has 0 fully saturated rings. The van der Waals surface area contributed by atoms with Gasteiger partial charge >= 0.3 is 6.09 Å². The molecule has 0 saturated heterocycles. The van der Waals surface area contributed by atoms with Crippen molar-refractivity contribution in [3.05, 3.63) is 54.6 Å². The lowest BCUT2D eigenvalue weighted by Gasteiger charge is -2.21. The Hall–Kier alpha value is -3.55. The van der Waals surface area contributed by atoms with E-state index >= 15 is 0 Å². The van der Waals surface area contributed by atoms with Crippen molar-refractivity contribution in [3.8, 4) is 16.9 Å². The highest BCUT2D eigenvalue weighted by atomic mass is 16.5. The van der Waals surface area contributed by atoms with Crippen molar-refractivity contribution in [2.24, 2.45) is 5.92 Å². The van der Waals surface area contributed by atoms with Crippen molar-refractivity contribution >= 4 is 17.9 Å². The van der Waals surface area contributed by atoms with E-state index in [0.717, 1.165) is 11.1 Å². The Morgan fingerprint density at radius 1 is 0.933 bits per heavy atom. The highest BCUT2D eigenvalue weighted by Crippen LogP contribution is 2.29. The highest BCUT2D eigenvalue weighted by molar-refractivity contribution is 5.88. The maximum Gasteiger partial charge on any atom is 0.407 e. The predicted molar refractivity (Wildman–Crippen MR) is 112 cm³/mol. The summed E-state index contributed by atoms with van der Waals surface area (Å²) in [5.41, 5.74) is 6.42. The molecule has 0 aliphatic carbocycles. The Kier molecular flexibility index (Phi) is 8.68. The number of nitrogens with one attached hydrogen (secondary N) is 3. The summed E-state index contributed by atoms with van der Waals surface area (Å²) in [4.78, 5) is 36.0. The first-order valence-corrected chi connectivity index (χ1v) is 9.71.